The van der Waals surface area contributed by atoms with Gasteiger partial charge in [0.2, 0.25) is 0 Å². The lowest BCUT2D eigenvalue weighted by Crippen LogP contribution is -2.13. The normalized spacial score (nSPS) is 11.9. The lowest BCUT2D eigenvalue weighted by Gasteiger charge is -2.17. The highest BCUT2D eigenvalue weighted by Crippen LogP contribution is 2.31. The van der Waals surface area contributed by atoms with Crippen LogP contribution in [0.3, 0.4) is 0 Å². The van der Waals surface area contributed by atoms with Crippen LogP contribution in [0.5, 0.6) is 11.5 Å². The monoisotopic (exact) mass is 243 g/mol. The van der Waals surface area contributed by atoms with Crippen molar-refractivity contribution in [2.45, 2.75) is 6.04 Å². The van der Waals surface area contributed by atoms with Gasteiger partial charge in [-0.3, -0.25) is 0 Å². The Hall–Kier alpha value is -2.00. The van der Waals surface area contributed by atoms with Gasteiger partial charge in [-0.15, -0.1) is 0 Å². The second-order valence-corrected chi connectivity index (χ2v) is 4.00. The molecule has 0 saturated carbocycles. The fourth-order valence-electron chi connectivity index (χ4n) is 1.92. The predicted molar refractivity (Wildman–Crippen MR) is 72.0 cm³/mol. The van der Waals surface area contributed by atoms with Crippen LogP contribution in [0.25, 0.3) is 0 Å². The van der Waals surface area contributed by atoms with Crippen molar-refractivity contribution in [2.75, 3.05) is 14.2 Å². The van der Waals surface area contributed by atoms with E-state index in [1.165, 1.54) is 0 Å². The Morgan fingerprint density at radius 3 is 2.28 bits per heavy atom. The van der Waals surface area contributed by atoms with Crippen LogP contribution in [0, 0.1) is 0 Å². The van der Waals surface area contributed by atoms with Crippen molar-refractivity contribution < 1.29 is 9.47 Å². The average molecular weight is 243 g/mol. The van der Waals surface area contributed by atoms with Gasteiger partial charge >= 0.3 is 0 Å². The fraction of sp³-hybridized carbons (Fsp3) is 0.200. The number of hydrogen-bond acceptors (Lipinski definition) is 3. The Bertz CT molecular complexity index is 511. The summed E-state index contributed by atoms with van der Waals surface area (Å²) in [5.74, 6) is 1.55. The molecule has 0 heterocycles. The summed E-state index contributed by atoms with van der Waals surface area (Å²) < 4.78 is 10.6. The Kier molecular flexibility index (Phi) is 3.85. The molecule has 0 aliphatic rings. The molecule has 0 unspecified atom stereocenters. The van der Waals surface area contributed by atoms with Crippen molar-refractivity contribution in [1.82, 2.24) is 0 Å². The second-order valence-electron chi connectivity index (χ2n) is 4.00. The van der Waals surface area contributed by atoms with Crippen molar-refractivity contribution in [1.29, 1.82) is 0 Å². The van der Waals surface area contributed by atoms with Gasteiger partial charge in [-0.2, -0.15) is 0 Å². The lowest BCUT2D eigenvalue weighted by molar-refractivity contribution is 0.397. The van der Waals surface area contributed by atoms with E-state index in [9.17, 15) is 0 Å². The number of ether oxygens (including phenoxy) is 2. The van der Waals surface area contributed by atoms with Crippen molar-refractivity contribution in [3.8, 4) is 11.5 Å². The van der Waals surface area contributed by atoms with Gasteiger partial charge < -0.3 is 15.2 Å². The van der Waals surface area contributed by atoms with Crippen molar-refractivity contribution in [3.05, 3.63) is 59.7 Å². The zero-order valence-electron chi connectivity index (χ0n) is 10.6. The van der Waals surface area contributed by atoms with Crippen LogP contribution >= 0.6 is 0 Å². The van der Waals surface area contributed by atoms with Crippen LogP contribution in [0.2, 0.25) is 0 Å². The lowest BCUT2D eigenvalue weighted by atomic mass is 9.98. The van der Waals surface area contributed by atoms with E-state index in [1.54, 1.807) is 14.2 Å². The molecule has 2 aromatic rings. The number of rotatable bonds is 4. The zero-order valence-corrected chi connectivity index (χ0v) is 10.6. The maximum Gasteiger partial charge on any atom is 0.124 e. The Labute approximate surface area is 107 Å². The van der Waals surface area contributed by atoms with Gasteiger partial charge in [0.1, 0.15) is 11.5 Å². The van der Waals surface area contributed by atoms with Crippen molar-refractivity contribution in [2.24, 2.45) is 5.73 Å². The van der Waals surface area contributed by atoms with E-state index in [2.05, 4.69) is 0 Å². The van der Waals surface area contributed by atoms with E-state index in [1.807, 2.05) is 48.5 Å². The largest absolute Gasteiger partial charge is 0.497 e. The summed E-state index contributed by atoms with van der Waals surface area (Å²) in [6.07, 6.45) is 0. The first-order chi connectivity index (χ1) is 8.76. The van der Waals surface area contributed by atoms with Crippen LogP contribution in [0.4, 0.5) is 0 Å². The maximum absolute atomic E-state index is 6.28. The first-order valence-electron chi connectivity index (χ1n) is 5.78. The molecule has 0 aromatic heterocycles. The molecule has 0 aliphatic carbocycles. The molecule has 2 rings (SSSR count). The van der Waals surface area contributed by atoms with Crippen LogP contribution in [0.15, 0.2) is 48.5 Å². The molecule has 94 valence electrons. The van der Waals surface area contributed by atoms with Crippen molar-refractivity contribution >= 4 is 0 Å². The SMILES string of the molecule is COc1ccc(OC)c([C@H](N)c2ccccc2)c1. The first kappa shape index (κ1) is 12.5. The summed E-state index contributed by atoms with van der Waals surface area (Å²) in [5, 5.41) is 0. The quantitative estimate of drug-likeness (QED) is 0.898. The molecule has 0 saturated heterocycles. The maximum atomic E-state index is 6.28. The van der Waals surface area contributed by atoms with Crippen molar-refractivity contribution in [3.63, 3.8) is 0 Å². The van der Waals surface area contributed by atoms with E-state index in [0.717, 1.165) is 22.6 Å². The summed E-state index contributed by atoms with van der Waals surface area (Å²) >= 11 is 0. The highest BCUT2D eigenvalue weighted by atomic mass is 16.5. The van der Waals surface area contributed by atoms with E-state index >= 15 is 0 Å². The number of hydrogen-bond donors (Lipinski definition) is 1. The van der Waals surface area contributed by atoms with Gasteiger partial charge in [0, 0.05) is 5.56 Å². The molecule has 0 aliphatic heterocycles. The summed E-state index contributed by atoms with van der Waals surface area (Å²) in [7, 11) is 3.28. The summed E-state index contributed by atoms with van der Waals surface area (Å²) in [6.45, 7) is 0. The van der Waals surface area contributed by atoms with Crippen LogP contribution in [-0.4, -0.2) is 14.2 Å². The van der Waals surface area contributed by atoms with Crippen LogP contribution in [-0.2, 0) is 0 Å². The minimum Gasteiger partial charge on any atom is -0.497 e. The summed E-state index contributed by atoms with van der Waals surface area (Å²) in [4.78, 5) is 0. The Balaban J connectivity index is 2.42. The van der Waals surface area contributed by atoms with E-state index in [0.29, 0.717) is 0 Å². The van der Waals surface area contributed by atoms with Gasteiger partial charge in [0.25, 0.3) is 0 Å². The molecule has 0 amide bonds. The molecule has 0 spiro atoms. The molecule has 0 fully saturated rings. The Morgan fingerprint density at radius 1 is 0.944 bits per heavy atom. The minimum atomic E-state index is -0.226. The topological polar surface area (TPSA) is 44.5 Å². The second kappa shape index (κ2) is 5.56. The minimum absolute atomic E-state index is 0.226. The van der Waals surface area contributed by atoms with Crippen LogP contribution in [0.1, 0.15) is 17.2 Å². The van der Waals surface area contributed by atoms with Gasteiger partial charge in [-0.25, -0.2) is 0 Å². The number of methoxy groups -OCH3 is 2. The molecule has 18 heavy (non-hydrogen) atoms. The van der Waals surface area contributed by atoms with E-state index in [-0.39, 0.29) is 6.04 Å². The molecular formula is C15H17NO2. The molecular weight excluding hydrogens is 226 g/mol. The van der Waals surface area contributed by atoms with E-state index < -0.39 is 0 Å². The third kappa shape index (κ3) is 2.46. The molecule has 0 bridgehead atoms. The summed E-state index contributed by atoms with van der Waals surface area (Å²) in [6, 6.07) is 15.3. The van der Waals surface area contributed by atoms with Gasteiger partial charge in [0.05, 0.1) is 20.3 Å². The first-order valence-corrected chi connectivity index (χ1v) is 5.78. The average Bonchev–Trinajstić information content (AvgIpc) is 2.46. The van der Waals surface area contributed by atoms with E-state index in [4.69, 9.17) is 15.2 Å². The van der Waals surface area contributed by atoms with Gasteiger partial charge in [-0.1, -0.05) is 30.3 Å². The van der Waals surface area contributed by atoms with Gasteiger partial charge in [-0.05, 0) is 23.8 Å². The summed E-state index contributed by atoms with van der Waals surface area (Å²) in [5.41, 5.74) is 8.25. The molecule has 0 radical (unpaired) electrons. The third-order valence-electron chi connectivity index (χ3n) is 2.93. The van der Waals surface area contributed by atoms with Gasteiger partial charge in [0.15, 0.2) is 0 Å². The third-order valence-corrected chi connectivity index (χ3v) is 2.93. The highest BCUT2D eigenvalue weighted by Gasteiger charge is 2.14. The molecule has 3 nitrogen and oxygen atoms in total. The molecule has 3 heteroatoms. The predicted octanol–water partition coefficient (Wildman–Crippen LogP) is 2.75. The number of benzene rings is 2. The molecule has 1 atom stereocenters. The highest BCUT2D eigenvalue weighted by molar-refractivity contribution is 5.45. The fourth-order valence-corrected chi connectivity index (χ4v) is 1.92. The molecule has 2 N–H and O–H groups in total. The number of nitrogens with two attached hydrogens (primary N) is 1. The van der Waals surface area contributed by atoms with Crippen LogP contribution < -0.4 is 15.2 Å². The standard InChI is InChI=1S/C15H17NO2/c1-17-12-8-9-14(18-2)13(10-12)15(16)11-6-4-3-5-7-11/h3-10,15H,16H2,1-2H3/t15-/m1/s1. The zero-order chi connectivity index (χ0) is 13.0. The Morgan fingerprint density at radius 2 is 1.67 bits per heavy atom. The molecule has 2 aromatic carbocycles. The smallest absolute Gasteiger partial charge is 0.124 e.